The maximum Gasteiger partial charge on any atom is 0.433 e. The van der Waals surface area contributed by atoms with Crippen molar-refractivity contribution in [1.29, 1.82) is 0 Å². The molecule has 3 heterocycles. The van der Waals surface area contributed by atoms with Gasteiger partial charge in [-0.05, 0) is 12.1 Å². The van der Waals surface area contributed by atoms with Gasteiger partial charge in [-0.1, -0.05) is 5.16 Å². The van der Waals surface area contributed by atoms with E-state index in [0.29, 0.717) is 17.0 Å². The molecule has 0 saturated carbocycles. The lowest BCUT2D eigenvalue weighted by molar-refractivity contribution is -0.402. The average molecular weight is 258 g/mol. The molecule has 8 nitrogen and oxygen atoms in total. The Kier molecular flexibility index (Phi) is 2.53. The molecule has 0 aliphatic carbocycles. The fraction of sp³-hybridized carbons (Fsp3) is 0. The van der Waals surface area contributed by atoms with Gasteiger partial charge in [-0.3, -0.25) is 15.1 Å². The molecule has 8 heteroatoms. The van der Waals surface area contributed by atoms with Gasteiger partial charge in [0.15, 0.2) is 0 Å². The number of aromatic nitrogens is 3. The minimum Gasteiger partial charge on any atom is -0.408 e. The lowest BCUT2D eigenvalue weighted by Crippen LogP contribution is -1.83. The van der Waals surface area contributed by atoms with Crippen LogP contribution in [0.1, 0.15) is 0 Å². The fourth-order valence-electron chi connectivity index (χ4n) is 1.49. The fourth-order valence-corrected chi connectivity index (χ4v) is 1.49. The van der Waals surface area contributed by atoms with Crippen molar-refractivity contribution < 1.29 is 13.9 Å². The standard InChI is InChI=1S/C11H6N4O4/c16-15(17)9-4-8(6-18-9)11-13-10(14-19-11)7-2-1-3-12-5-7/h1-6H. The third-order valence-electron chi connectivity index (χ3n) is 2.36. The zero-order valence-corrected chi connectivity index (χ0v) is 9.39. The molecule has 0 bridgehead atoms. The van der Waals surface area contributed by atoms with E-state index in [-0.39, 0.29) is 11.8 Å². The molecule has 94 valence electrons. The van der Waals surface area contributed by atoms with Crippen LogP contribution in [0.4, 0.5) is 5.88 Å². The van der Waals surface area contributed by atoms with Gasteiger partial charge in [0.05, 0.1) is 11.6 Å². The Hall–Kier alpha value is -3.03. The number of hydrogen-bond acceptors (Lipinski definition) is 7. The van der Waals surface area contributed by atoms with E-state index in [0.717, 1.165) is 0 Å². The largest absolute Gasteiger partial charge is 0.433 e. The van der Waals surface area contributed by atoms with E-state index in [9.17, 15) is 10.1 Å². The van der Waals surface area contributed by atoms with E-state index in [1.54, 1.807) is 24.5 Å². The summed E-state index contributed by atoms with van der Waals surface area (Å²) in [7, 11) is 0. The third kappa shape index (κ3) is 2.06. The summed E-state index contributed by atoms with van der Waals surface area (Å²) in [6.45, 7) is 0. The van der Waals surface area contributed by atoms with E-state index in [4.69, 9.17) is 8.94 Å². The summed E-state index contributed by atoms with van der Waals surface area (Å²) in [6.07, 6.45) is 4.41. The first-order chi connectivity index (χ1) is 9.24. The van der Waals surface area contributed by atoms with Crippen LogP contribution < -0.4 is 0 Å². The van der Waals surface area contributed by atoms with E-state index < -0.39 is 4.92 Å². The molecule has 0 atom stereocenters. The first-order valence-corrected chi connectivity index (χ1v) is 5.21. The first kappa shape index (κ1) is 11.1. The Morgan fingerprint density at radius 2 is 2.21 bits per heavy atom. The van der Waals surface area contributed by atoms with Crippen LogP contribution in [0.2, 0.25) is 0 Å². The molecule has 0 aliphatic rings. The van der Waals surface area contributed by atoms with Gasteiger partial charge in [0.25, 0.3) is 5.89 Å². The highest BCUT2D eigenvalue weighted by Crippen LogP contribution is 2.26. The molecule has 3 aromatic rings. The summed E-state index contributed by atoms with van der Waals surface area (Å²) in [4.78, 5) is 17.9. The Bertz CT molecular complexity index is 719. The topological polar surface area (TPSA) is 108 Å². The summed E-state index contributed by atoms with van der Waals surface area (Å²) in [5, 5.41) is 14.3. The Balaban J connectivity index is 1.94. The van der Waals surface area contributed by atoms with Crippen molar-refractivity contribution in [3.63, 3.8) is 0 Å². The number of nitrogens with zero attached hydrogens (tertiary/aromatic N) is 4. The van der Waals surface area contributed by atoms with Crippen LogP contribution in [0, 0.1) is 10.1 Å². The van der Waals surface area contributed by atoms with Gasteiger partial charge < -0.3 is 8.94 Å². The number of pyridine rings is 1. The number of hydrogen-bond donors (Lipinski definition) is 0. The van der Waals surface area contributed by atoms with Gasteiger partial charge in [0, 0.05) is 18.0 Å². The molecular weight excluding hydrogens is 252 g/mol. The predicted molar refractivity (Wildman–Crippen MR) is 61.9 cm³/mol. The van der Waals surface area contributed by atoms with Crippen LogP contribution in [0.25, 0.3) is 22.8 Å². The van der Waals surface area contributed by atoms with Gasteiger partial charge in [-0.15, -0.1) is 0 Å². The Morgan fingerprint density at radius 1 is 1.32 bits per heavy atom. The van der Waals surface area contributed by atoms with Crippen LogP contribution in [-0.4, -0.2) is 20.0 Å². The second kappa shape index (κ2) is 4.33. The second-order valence-corrected chi connectivity index (χ2v) is 3.60. The molecule has 0 spiro atoms. The molecule has 19 heavy (non-hydrogen) atoms. The minimum atomic E-state index is -0.637. The number of furan rings is 1. The van der Waals surface area contributed by atoms with Crippen molar-refractivity contribution in [2.75, 3.05) is 0 Å². The highest BCUT2D eigenvalue weighted by Gasteiger charge is 2.18. The van der Waals surface area contributed by atoms with E-state index in [2.05, 4.69) is 15.1 Å². The summed E-state index contributed by atoms with van der Waals surface area (Å²) in [6, 6.07) is 4.74. The van der Waals surface area contributed by atoms with Crippen LogP contribution in [0.3, 0.4) is 0 Å². The lowest BCUT2D eigenvalue weighted by Gasteiger charge is -1.89. The van der Waals surface area contributed by atoms with Crippen LogP contribution in [-0.2, 0) is 0 Å². The lowest BCUT2D eigenvalue weighted by atomic mass is 10.3. The van der Waals surface area contributed by atoms with Gasteiger partial charge in [0.2, 0.25) is 5.82 Å². The van der Waals surface area contributed by atoms with Crippen molar-refractivity contribution in [3.8, 4) is 22.8 Å². The molecule has 0 saturated heterocycles. The zero-order chi connectivity index (χ0) is 13.2. The number of rotatable bonds is 3. The first-order valence-electron chi connectivity index (χ1n) is 5.21. The van der Waals surface area contributed by atoms with Crippen LogP contribution in [0.5, 0.6) is 0 Å². The van der Waals surface area contributed by atoms with Crippen molar-refractivity contribution in [2.45, 2.75) is 0 Å². The summed E-state index contributed by atoms with van der Waals surface area (Å²) in [5.41, 5.74) is 1.05. The highest BCUT2D eigenvalue weighted by molar-refractivity contribution is 5.59. The normalized spacial score (nSPS) is 10.5. The van der Waals surface area contributed by atoms with E-state index in [1.807, 2.05) is 0 Å². The third-order valence-corrected chi connectivity index (χ3v) is 2.36. The quantitative estimate of drug-likeness (QED) is 0.523. The van der Waals surface area contributed by atoms with Crippen LogP contribution in [0.15, 0.2) is 45.8 Å². The second-order valence-electron chi connectivity index (χ2n) is 3.60. The molecule has 0 radical (unpaired) electrons. The van der Waals surface area contributed by atoms with Crippen molar-refractivity contribution in [1.82, 2.24) is 15.1 Å². The Labute approximate surface area is 105 Å². The maximum atomic E-state index is 10.5. The monoisotopic (exact) mass is 258 g/mol. The van der Waals surface area contributed by atoms with Crippen LogP contribution >= 0.6 is 0 Å². The van der Waals surface area contributed by atoms with E-state index in [1.165, 1.54) is 12.3 Å². The summed E-state index contributed by atoms with van der Waals surface area (Å²) in [5.74, 6) is 0.124. The van der Waals surface area contributed by atoms with Crippen molar-refractivity contribution >= 4 is 5.88 Å². The molecule has 0 fully saturated rings. The molecular formula is C11H6N4O4. The molecule has 3 aromatic heterocycles. The molecule has 0 unspecified atom stereocenters. The van der Waals surface area contributed by atoms with Gasteiger partial charge in [-0.25, -0.2) is 0 Å². The maximum absolute atomic E-state index is 10.5. The van der Waals surface area contributed by atoms with Gasteiger partial charge in [-0.2, -0.15) is 4.98 Å². The highest BCUT2D eigenvalue weighted by atomic mass is 16.6. The smallest absolute Gasteiger partial charge is 0.408 e. The summed E-state index contributed by atoms with van der Waals surface area (Å²) >= 11 is 0. The van der Waals surface area contributed by atoms with Crippen molar-refractivity contribution in [3.05, 3.63) is 47.0 Å². The molecule has 0 aromatic carbocycles. The number of nitro groups is 1. The van der Waals surface area contributed by atoms with Crippen molar-refractivity contribution in [2.24, 2.45) is 0 Å². The van der Waals surface area contributed by atoms with Gasteiger partial charge >= 0.3 is 5.88 Å². The molecule has 3 rings (SSSR count). The SMILES string of the molecule is O=[N+]([O-])c1cc(-c2nc(-c3cccnc3)no2)co1. The molecule has 0 amide bonds. The Morgan fingerprint density at radius 3 is 2.89 bits per heavy atom. The zero-order valence-electron chi connectivity index (χ0n) is 9.39. The minimum absolute atomic E-state index is 0.149. The summed E-state index contributed by atoms with van der Waals surface area (Å²) < 4.78 is 9.78. The molecule has 0 aliphatic heterocycles. The average Bonchev–Trinajstić information content (AvgIpc) is 3.09. The van der Waals surface area contributed by atoms with Gasteiger partial charge in [0.1, 0.15) is 11.2 Å². The van der Waals surface area contributed by atoms with E-state index >= 15 is 0 Å². The molecule has 0 N–H and O–H groups in total. The predicted octanol–water partition coefficient (Wildman–Crippen LogP) is 2.30.